The Bertz CT molecular complexity index is 1090. The fourth-order valence-corrected chi connectivity index (χ4v) is 4.40. The Kier molecular flexibility index (Phi) is 6.38. The van der Waals surface area contributed by atoms with E-state index in [0.29, 0.717) is 6.54 Å². The second-order valence-corrected chi connectivity index (χ2v) is 8.28. The van der Waals surface area contributed by atoms with E-state index in [-0.39, 0.29) is 11.9 Å². The van der Waals surface area contributed by atoms with Gasteiger partial charge in [0.05, 0.1) is 4.88 Å². The number of para-hydroxylation sites is 1. The molecule has 0 aliphatic rings. The van der Waals surface area contributed by atoms with Crippen LogP contribution in [0.25, 0.3) is 11.1 Å². The summed E-state index contributed by atoms with van der Waals surface area (Å²) < 4.78 is 0. The summed E-state index contributed by atoms with van der Waals surface area (Å²) in [7, 11) is 0. The number of aryl methyl sites for hydroxylation is 1. The molecule has 0 fully saturated rings. The van der Waals surface area contributed by atoms with E-state index in [0.717, 1.165) is 16.8 Å². The standard InChI is InChI=1S/C26H24N2OS/c1-19-13-15-21(16-14-19)26(24-12-7-17-30-24)27-18-25(29)28-23-11-6-5-10-22(23)20-8-3-2-4-9-20/h2-17,26-27H,18H2,1H3,(H,28,29)/p+1/t26-/m0/s1. The number of carbonyl (C=O) groups excluding carboxylic acids is 1. The van der Waals surface area contributed by atoms with Crippen LogP contribution in [-0.4, -0.2) is 12.5 Å². The lowest BCUT2D eigenvalue weighted by atomic mass is 10.0. The first kappa shape index (κ1) is 20.1. The quantitative estimate of drug-likeness (QED) is 0.439. The van der Waals surface area contributed by atoms with Crippen molar-refractivity contribution in [3.8, 4) is 11.1 Å². The van der Waals surface area contributed by atoms with Gasteiger partial charge in [-0.05, 0) is 30.0 Å². The Hall–Kier alpha value is -3.21. The lowest BCUT2D eigenvalue weighted by Gasteiger charge is -2.16. The molecule has 30 heavy (non-hydrogen) atoms. The maximum Gasteiger partial charge on any atom is 0.279 e. The molecular weight excluding hydrogens is 388 g/mol. The number of quaternary nitrogens is 1. The predicted octanol–water partition coefficient (Wildman–Crippen LogP) is 5.02. The molecule has 0 spiro atoms. The smallest absolute Gasteiger partial charge is 0.279 e. The summed E-state index contributed by atoms with van der Waals surface area (Å²) in [4.78, 5) is 14.1. The normalized spacial score (nSPS) is 11.8. The molecule has 0 aliphatic carbocycles. The van der Waals surface area contributed by atoms with Crippen molar-refractivity contribution in [2.24, 2.45) is 0 Å². The van der Waals surface area contributed by atoms with E-state index in [4.69, 9.17) is 0 Å². The first-order valence-electron chi connectivity index (χ1n) is 10.1. The third kappa shape index (κ3) is 4.85. The van der Waals surface area contributed by atoms with Crippen LogP contribution in [0.3, 0.4) is 0 Å². The SMILES string of the molecule is Cc1ccc([C@H]([NH2+]CC(=O)Nc2ccccc2-c2ccccc2)c2cccs2)cc1. The first-order valence-corrected chi connectivity index (χ1v) is 11.0. The molecule has 0 aliphatic heterocycles. The van der Waals surface area contributed by atoms with Gasteiger partial charge in [-0.15, -0.1) is 11.3 Å². The molecule has 0 unspecified atom stereocenters. The van der Waals surface area contributed by atoms with Crippen molar-refractivity contribution in [1.82, 2.24) is 0 Å². The van der Waals surface area contributed by atoms with Gasteiger partial charge in [0.2, 0.25) is 0 Å². The molecule has 3 N–H and O–H groups in total. The fourth-order valence-electron chi connectivity index (χ4n) is 3.55. The molecule has 3 nitrogen and oxygen atoms in total. The van der Waals surface area contributed by atoms with Crippen molar-refractivity contribution in [1.29, 1.82) is 0 Å². The number of amides is 1. The van der Waals surface area contributed by atoms with Crippen molar-refractivity contribution in [2.75, 3.05) is 11.9 Å². The van der Waals surface area contributed by atoms with Gasteiger partial charge in [0, 0.05) is 16.8 Å². The number of nitrogens with two attached hydrogens (primary N) is 1. The van der Waals surface area contributed by atoms with E-state index in [1.807, 2.05) is 42.5 Å². The van der Waals surface area contributed by atoms with Crippen LogP contribution in [0.1, 0.15) is 22.0 Å². The van der Waals surface area contributed by atoms with Gasteiger partial charge < -0.3 is 10.6 Å². The largest absolute Gasteiger partial charge is 0.328 e. The number of nitrogens with one attached hydrogen (secondary N) is 1. The summed E-state index contributed by atoms with van der Waals surface area (Å²) in [5, 5.41) is 7.30. The number of rotatable bonds is 7. The molecule has 0 saturated carbocycles. The van der Waals surface area contributed by atoms with E-state index in [2.05, 4.69) is 71.5 Å². The maximum atomic E-state index is 12.8. The van der Waals surface area contributed by atoms with Crippen LogP contribution in [0, 0.1) is 6.92 Å². The van der Waals surface area contributed by atoms with Crippen LogP contribution in [0.2, 0.25) is 0 Å². The number of anilines is 1. The van der Waals surface area contributed by atoms with Crippen molar-refractivity contribution < 1.29 is 10.1 Å². The Labute approximate surface area is 181 Å². The molecule has 0 bridgehead atoms. The minimum absolute atomic E-state index is 0.00736. The first-order chi connectivity index (χ1) is 14.7. The van der Waals surface area contributed by atoms with Crippen LogP contribution >= 0.6 is 11.3 Å². The van der Waals surface area contributed by atoms with Gasteiger partial charge in [-0.3, -0.25) is 4.79 Å². The molecular formula is C26H25N2OS+. The molecule has 1 amide bonds. The third-order valence-corrected chi connectivity index (χ3v) is 6.07. The topological polar surface area (TPSA) is 45.7 Å². The summed E-state index contributed by atoms with van der Waals surface area (Å²) >= 11 is 1.72. The van der Waals surface area contributed by atoms with Crippen molar-refractivity contribution in [3.05, 3.63) is 112 Å². The molecule has 4 heteroatoms. The minimum atomic E-state index is -0.00736. The molecule has 4 aromatic rings. The highest BCUT2D eigenvalue weighted by atomic mass is 32.1. The number of benzene rings is 3. The molecule has 1 heterocycles. The second kappa shape index (κ2) is 9.53. The van der Waals surface area contributed by atoms with Crippen LogP contribution in [0.4, 0.5) is 5.69 Å². The lowest BCUT2D eigenvalue weighted by molar-refractivity contribution is -0.675. The Balaban J connectivity index is 1.48. The van der Waals surface area contributed by atoms with Crippen LogP contribution < -0.4 is 10.6 Å². The van der Waals surface area contributed by atoms with Crippen molar-refractivity contribution in [3.63, 3.8) is 0 Å². The highest BCUT2D eigenvalue weighted by molar-refractivity contribution is 7.10. The molecule has 0 radical (unpaired) electrons. The molecule has 1 aromatic heterocycles. The van der Waals surface area contributed by atoms with Gasteiger partial charge in [-0.1, -0.05) is 84.4 Å². The number of carbonyl (C=O) groups is 1. The summed E-state index contributed by atoms with van der Waals surface area (Å²) in [5.41, 5.74) is 5.40. The van der Waals surface area contributed by atoms with E-state index in [1.54, 1.807) is 11.3 Å². The highest BCUT2D eigenvalue weighted by Gasteiger charge is 2.20. The van der Waals surface area contributed by atoms with Gasteiger partial charge in [0.25, 0.3) is 5.91 Å². The minimum Gasteiger partial charge on any atom is -0.328 e. The van der Waals surface area contributed by atoms with E-state index in [1.165, 1.54) is 16.0 Å². The monoisotopic (exact) mass is 413 g/mol. The summed E-state index contributed by atoms with van der Waals surface area (Å²) in [5.74, 6) is -0.00736. The Morgan fingerprint density at radius 2 is 1.63 bits per heavy atom. The van der Waals surface area contributed by atoms with Crippen molar-refractivity contribution >= 4 is 22.9 Å². The van der Waals surface area contributed by atoms with E-state index < -0.39 is 0 Å². The zero-order valence-electron chi connectivity index (χ0n) is 16.9. The summed E-state index contributed by atoms with van der Waals surface area (Å²) in [6.45, 7) is 2.44. The number of hydrogen-bond donors (Lipinski definition) is 2. The van der Waals surface area contributed by atoms with Crippen LogP contribution in [0.5, 0.6) is 0 Å². The Morgan fingerprint density at radius 1 is 0.900 bits per heavy atom. The predicted molar refractivity (Wildman–Crippen MR) is 125 cm³/mol. The second-order valence-electron chi connectivity index (χ2n) is 7.30. The lowest BCUT2D eigenvalue weighted by Crippen LogP contribution is -2.87. The highest BCUT2D eigenvalue weighted by Crippen LogP contribution is 2.27. The Morgan fingerprint density at radius 3 is 2.37 bits per heavy atom. The molecule has 0 saturated heterocycles. The zero-order chi connectivity index (χ0) is 20.8. The van der Waals surface area contributed by atoms with Gasteiger partial charge in [0.15, 0.2) is 6.54 Å². The number of hydrogen-bond acceptors (Lipinski definition) is 2. The average molecular weight is 414 g/mol. The van der Waals surface area contributed by atoms with Crippen LogP contribution in [-0.2, 0) is 4.79 Å². The van der Waals surface area contributed by atoms with Gasteiger partial charge in [0.1, 0.15) is 6.04 Å². The number of thiophene rings is 1. The fraction of sp³-hybridized carbons (Fsp3) is 0.115. The van der Waals surface area contributed by atoms with Gasteiger partial charge in [-0.2, -0.15) is 0 Å². The van der Waals surface area contributed by atoms with E-state index >= 15 is 0 Å². The molecule has 4 rings (SSSR count). The van der Waals surface area contributed by atoms with Gasteiger partial charge in [-0.25, -0.2) is 0 Å². The van der Waals surface area contributed by atoms with Crippen molar-refractivity contribution in [2.45, 2.75) is 13.0 Å². The molecule has 150 valence electrons. The van der Waals surface area contributed by atoms with Crippen LogP contribution in [0.15, 0.2) is 96.4 Å². The van der Waals surface area contributed by atoms with E-state index in [9.17, 15) is 4.79 Å². The summed E-state index contributed by atoms with van der Waals surface area (Å²) in [6.07, 6.45) is 0. The average Bonchev–Trinajstić information content (AvgIpc) is 3.31. The summed E-state index contributed by atoms with van der Waals surface area (Å²) in [6, 6.07) is 30.9. The molecule has 3 aromatic carbocycles. The zero-order valence-corrected chi connectivity index (χ0v) is 17.7. The molecule has 1 atom stereocenters. The van der Waals surface area contributed by atoms with Gasteiger partial charge >= 0.3 is 0 Å². The third-order valence-electron chi connectivity index (χ3n) is 5.11. The maximum absolute atomic E-state index is 12.8.